The Morgan fingerprint density at radius 3 is 2.27 bits per heavy atom. The van der Waals surface area contributed by atoms with Gasteiger partial charge in [0, 0.05) is 14.1 Å². The molecule has 15 heavy (non-hydrogen) atoms. The summed E-state index contributed by atoms with van der Waals surface area (Å²) in [6.45, 7) is 4.07. The molecule has 0 bridgehead atoms. The largest absolute Gasteiger partial charge is 0.360 e. The quantitative estimate of drug-likeness (QED) is 0.749. The third-order valence-corrected chi connectivity index (χ3v) is 2.36. The fourth-order valence-electron chi connectivity index (χ4n) is 1.59. The molecule has 0 fully saturated rings. The second-order valence-electron chi connectivity index (χ2n) is 3.54. The van der Waals surface area contributed by atoms with Gasteiger partial charge in [-0.2, -0.15) is 10.4 Å². The molecular formula is C11H16N4. The highest BCUT2D eigenvalue weighted by Crippen LogP contribution is 2.21. The summed E-state index contributed by atoms with van der Waals surface area (Å²) in [5.74, 6) is 0.659. The Labute approximate surface area is 90.5 Å². The van der Waals surface area contributed by atoms with E-state index in [1.54, 1.807) is 0 Å². The molecule has 0 radical (unpaired) electrons. The fourth-order valence-corrected chi connectivity index (χ4v) is 1.59. The number of anilines is 1. The van der Waals surface area contributed by atoms with Crippen LogP contribution in [-0.2, 0) is 12.8 Å². The van der Waals surface area contributed by atoms with Crippen LogP contribution in [0.3, 0.4) is 0 Å². The molecule has 0 aliphatic rings. The summed E-state index contributed by atoms with van der Waals surface area (Å²) < 4.78 is 0. The Hall–Kier alpha value is -1.63. The van der Waals surface area contributed by atoms with Gasteiger partial charge in [0.1, 0.15) is 11.6 Å². The lowest BCUT2D eigenvalue weighted by Crippen LogP contribution is -2.16. The number of aryl methyl sites for hydroxylation is 1. The third kappa shape index (κ3) is 2.07. The molecule has 80 valence electrons. The maximum atomic E-state index is 9.15. The summed E-state index contributed by atoms with van der Waals surface area (Å²) in [6, 6.07) is 2.23. The van der Waals surface area contributed by atoms with Crippen LogP contribution >= 0.6 is 0 Å². The SMILES string of the molecule is CCc1nnc(N(C)C)c(C#N)c1CC. The highest BCUT2D eigenvalue weighted by Gasteiger charge is 2.14. The summed E-state index contributed by atoms with van der Waals surface area (Å²) in [5.41, 5.74) is 2.62. The van der Waals surface area contributed by atoms with Crippen LogP contribution in [-0.4, -0.2) is 24.3 Å². The van der Waals surface area contributed by atoms with Crippen molar-refractivity contribution in [3.63, 3.8) is 0 Å². The molecule has 0 saturated heterocycles. The van der Waals surface area contributed by atoms with Gasteiger partial charge in [0.25, 0.3) is 0 Å². The lowest BCUT2D eigenvalue weighted by molar-refractivity contribution is 0.855. The van der Waals surface area contributed by atoms with Crippen molar-refractivity contribution in [2.24, 2.45) is 0 Å². The van der Waals surface area contributed by atoms with Crippen LogP contribution in [0.2, 0.25) is 0 Å². The summed E-state index contributed by atoms with van der Waals surface area (Å²) in [5, 5.41) is 17.4. The molecule has 0 atom stereocenters. The van der Waals surface area contributed by atoms with Gasteiger partial charge in [0.2, 0.25) is 0 Å². The van der Waals surface area contributed by atoms with Crippen molar-refractivity contribution in [3.8, 4) is 6.07 Å². The van der Waals surface area contributed by atoms with Crippen molar-refractivity contribution in [2.75, 3.05) is 19.0 Å². The average molecular weight is 204 g/mol. The molecule has 0 aromatic carbocycles. The van der Waals surface area contributed by atoms with E-state index in [9.17, 15) is 0 Å². The van der Waals surface area contributed by atoms with Crippen LogP contribution in [0.1, 0.15) is 30.7 Å². The first-order chi connectivity index (χ1) is 7.15. The molecule has 0 N–H and O–H groups in total. The lowest BCUT2D eigenvalue weighted by Gasteiger charge is -2.15. The van der Waals surface area contributed by atoms with Crippen LogP contribution in [0.5, 0.6) is 0 Å². The molecule has 0 saturated carbocycles. The van der Waals surface area contributed by atoms with E-state index in [-0.39, 0.29) is 0 Å². The van der Waals surface area contributed by atoms with Gasteiger partial charge in [-0.15, -0.1) is 5.10 Å². The Kier molecular flexibility index (Phi) is 3.62. The molecule has 1 aromatic rings. The van der Waals surface area contributed by atoms with Crippen LogP contribution in [0.15, 0.2) is 0 Å². The van der Waals surface area contributed by atoms with Gasteiger partial charge in [-0.3, -0.25) is 0 Å². The average Bonchev–Trinajstić information content (AvgIpc) is 2.26. The van der Waals surface area contributed by atoms with E-state index in [2.05, 4.69) is 16.3 Å². The smallest absolute Gasteiger partial charge is 0.169 e. The van der Waals surface area contributed by atoms with Gasteiger partial charge in [-0.05, 0) is 18.4 Å². The second kappa shape index (κ2) is 4.74. The zero-order valence-corrected chi connectivity index (χ0v) is 9.70. The monoisotopic (exact) mass is 204 g/mol. The molecular weight excluding hydrogens is 188 g/mol. The minimum Gasteiger partial charge on any atom is -0.360 e. The minimum absolute atomic E-state index is 0.659. The molecule has 0 aliphatic heterocycles. The van der Waals surface area contributed by atoms with E-state index in [4.69, 9.17) is 5.26 Å². The van der Waals surface area contributed by atoms with Crippen molar-refractivity contribution >= 4 is 5.82 Å². The molecule has 0 aliphatic carbocycles. The van der Waals surface area contributed by atoms with Crippen molar-refractivity contribution in [1.82, 2.24) is 10.2 Å². The highest BCUT2D eigenvalue weighted by molar-refractivity contribution is 5.57. The summed E-state index contributed by atoms with van der Waals surface area (Å²) in [7, 11) is 3.74. The Balaban J connectivity index is 3.43. The number of hydrogen-bond acceptors (Lipinski definition) is 4. The van der Waals surface area contributed by atoms with Crippen LogP contribution < -0.4 is 4.90 Å². The summed E-state index contributed by atoms with van der Waals surface area (Å²) in [6.07, 6.45) is 1.64. The van der Waals surface area contributed by atoms with Crippen LogP contribution in [0.4, 0.5) is 5.82 Å². The normalized spacial score (nSPS) is 9.80. The zero-order chi connectivity index (χ0) is 11.4. The molecule has 0 amide bonds. The van der Waals surface area contributed by atoms with E-state index >= 15 is 0 Å². The van der Waals surface area contributed by atoms with E-state index in [0.29, 0.717) is 11.4 Å². The van der Waals surface area contributed by atoms with Crippen LogP contribution in [0, 0.1) is 11.3 Å². The second-order valence-corrected chi connectivity index (χ2v) is 3.54. The van der Waals surface area contributed by atoms with Crippen LogP contribution in [0.25, 0.3) is 0 Å². The molecule has 4 heteroatoms. The number of hydrogen-bond donors (Lipinski definition) is 0. The Morgan fingerprint density at radius 2 is 1.87 bits per heavy atom. The topological polar surface area (TPSA) is 52.8 Å². The van der Waals surface area contributed by atoms with Gasteiger partial charge < -0.3 is 4.90 Å². The van der Waals surface area contributed by atoms with Gasteiger partial charge >= 0.3 is 0 Å². The minimum atomic E-state index is 0.659. The first kappa shape index (κ1) is 11.4. The molecule has 4 nitrogen and oxygen atoms in total. The molecule has 1 aromatic heterocycles. The van der Waals surface area contributed by atoms with E-state index in [0.717, 1.165) is 24.1 Å². The van der Waals surface area contributed by atoms with Gasteiger partial charge in [0.15, 0.2) is 5.82 Å². The number of nitrogens with zero attached hydrogens (tertiary/aromatic N) is 4. The molecule has 0 spiro atoms. The lowest BCUT2D eigenvalue weighted by atomic mass is 10.0. The maximum absolute atomic E-state index is 9.15. The van der Waals surface area contributed by atoms with E-state index in [1.807, 2.05) is 32.8 Å². The van der Waals surface area contributed by atoms with Gasteiger partial charge in [-0.1, -0.05) is 13.8 Å². The van der Waals surface area contributed by atoms with Gasteiger partial charge in [-0.25, -0.2) is 0 Å². The Bertz CT molecular complexity index is 390. The molecule has 1 heterocycles. The van der Waals surface area contributed by atoms with Crippen molar-refractivity contribution < 1.29 is 0 Å². The predicted octanol–water partition coefficient (Wildman–Crippen LogP) is 1.54. The summed E-state index contributed by atoms with van der Waals surface area (Å²) >= 11 is 0. The zero-order valence-electron chi connectivity index (χ0n) is 9.70. The molecule has 1 rings (SSSR count). The number of rotatable bonds is 3. The first-order valence-corrected chi connectivity index (χ1v) is 5.11. The fraction of sp³-hybridized carbons (Fsp3) is 0.545. The van der Waals surface area contributed by atoms with Crippen molar-refractivity contribution in [2.45, 2.75) is 26.7 Å². The Morgan fingerprint density at radius 1 is 1.20 bits per heavy atom. The van der Waals surface area contributed by atoms with Gasteiger partial charge in [0.05, 0.1) is 5.69 Å². The third-order valence-electron chi connectivity index (χ3n) is 2.36. The van der Waals surface area contributed by atoms with Crippen molar-refractivity contribution in [1.29, 1.82) is 5.26 Å². The number of nitriles is 1. The van der Waals surface area contributed by atoms with Crippen molar-refractivity contribution in [3.05, 3.63) is 16.8 Å². The summed E-state index contributed by atoms with van der Waals surface area (Å²) in [4.78, 5) is 1.82. The van der Waals surface area contributed by atoms with E-state index < -0.39 is 0 Å². The van der Waals surface area contributed by atoms with E-state index in [1.165, 1.54) is 0 Å². The maximum Gasteiger partial charge on any atom is 0.169 e. The standard InChI is InChI=1S/C11H16N4/c1-5-8-9(7-12)11(15(3)4)14-13-10(8)6-2/h5-6H2,1-4H3. The predicted molar refractivity (Wildman–Crippen MR) is 59.8 cm³/mol. The first-order valence-electron chi connectivity index (χ1n) is 5.11. The highest BCUT2D eigenvalue weighted by atomic mass is 15.2. The number of aromatic nitrogens is 2. The molecule has 0 unspecified atom stereocenters.